The number of nitriles is 1. The van der Waals surface area contributed by atoms with Gasteiger partial charge in [-0.3, -0.25) is 0 Å². The third kappa shape index (κ3) is 2.61. The van der Waals surface area contributed by atoms with Crippen LogP contribution < -0.4 is 5.32 Å². The van der Waals surface area contributed by atoms with Gasteiger partial charge in [0.15, 0.2) is 0 Å². The Labute approximate surface area is 97.7 Å². The number of hydrogen-bond donors (Lipinski definition) is 1. The van der Waals surface area contributed by atoms with Gasteiger partial charge in [0.1, 0.15) is 17.3 Å². The molecule has 4 nitrogen and oxygen atoms in total. The van der Waals surface area contributed by atoms with Gasteiger partial charge >= 0.3 is 0 Å². The molecule has 86 valence electrons. The Morgan fingerprint density at radius 1 is 1.47 bits per heavy atom. The summed E-state index contributed by atoms with van der Waals surface area (Å²) < 4.78 is 18.4. The highest BCUT2D eigenvalue weighted by Crippen LogP contribution is 2.16. The number of benzene rings is 1. The van der Waals surface area contributed by atoms with Crippen molar-refractivity contribution in [2.24, 2.45) is 0 Å². The first kappa shape index (κ1) is 11.1. The van der Waals surface area contributed by atoms with Crippen molar-refractivity contribution in [1.29, 1.82) is 5.26 Å². The van der Waals surface area contributed by atoms with E-state index in [-0.39, 0.29) is 0 Å². The molecule has 1 N–H and O–H groups in total. The van der Waals surface area contributed by atoms with Gasteiger partial charge in [-0.25, -0.2) is 4.39 Å². The lowest BCUT2D eigenvalue weighted by molar-refractivity contribution is 0.391. The number of halogens is 1. The summed E-state index contributed by atoms with van der Waals surface area (Å²) in [7, 11) is 0. The normalized spacial score (nSPS) is 9.94. The van der Waals surface area contributed by atoms with Gasteiger partial charge in [-0.05, 0) is 25.1 Å². The molecule has 0 saturated heterocycles. The molecule has 0 spiro atoms. The maximum Gasteiger partial charge on any atom is 0.147 e. The molecule has 1 aromatic heterocycles. The zero-order valence-corrected chi connectivity index (χ0v) is 9.20. The third-order valence-electron chi connectivity index (χ3n) is 2.23. The molecule has 0 aliphatic heterocycles. The van der Waals surface area contributed by atoms with Crippen molar-refractivity contribution < 1.29 is 8.91 Å². The van der Waals surface area contributed by atoms with E-state index in [0.29, 0.717) is 29.2 Å². The minimum Gasteiger partial charge on any atom is -0.377 e. The van der Waals surface area contributed by atoms with Crippen molar-refractivity contribution >= 4 is 5.69 Å². The second kappa shape index (κ2) is 4.66. The van der Waals surface area contributed by atoms with Gasteiger partial charge in [-0.1, -0.05) is 5.16 Å². The van der Waals surface area contributed by atoms with Crippen LogP contribution in [0.1, 0.15) is 17.0 Å². The molecule has 17 heavy (non-hydrogen) atoms. The molecule has 0 bridgehead atoms. The summed E-state index contributed by atoms with van der Waals surface area (Å²) in [5.41, 5.74) is 1.33. The van der Waals surface area contributed by atoms with Gasteiger partial charge in [-0.2, -0.15) is 5.26 Å². The van der Waals surface area contributed by atoms with E-state index in [4.69, 9.17) is 9.78 Å². The summed E-state index contributed by atoms with van der Waals surface area (Å²) in [5.74, 6) is 0.256. The number of aromatic nitrogens is 1. The van der Waals surface area contributed by atoms with E-state index in [2.05, 4.69) is 10.5 Å². The average molecular weight is 231 g/mol. The molecule has 2 rings (SSSR count). The van der Waals surface area contributed by atoms with E-state index in [1.807, 2.05) is 6.07 Å². The molecule has 1 heterocycles. The number of hydrogen-bond acceptors (Lipinski definition) is 4. The highest BCUT2D eigenvalue weighted by Gasteiger charge is 2.05. The second-order valence-electron chi connectivity index (χ2n) is 3.59. The van der Waals surface area contributed by atoms with Crippen molar-refractivity contribution in [3.05, 3.63) is 47.1 Å². The molecule has 0 unspecified atom stereocenters. The first-order chi connectivity index (χ1) is 8.19. The molecule has 0 fully saturated rings. The van der Waals surface area contributed by atoms with Crippen molar-refractivity contribution in [3.63, 3.8) is 0 Å². The van der Waals surface area contributed by atoms with Crippen molar-refractivity contribution in [3.8, 4) is 6.07 Å². The van der Waals surface area contributed by atoms with Crippen molar-refractivity contribution in [2.45, 2.75) is 13.5 Å². The molecule has 0 radical (unpaired) electrons. The quantitative estimate of drug-likeness (QED) is 0.881. The van der Waals surface area contributed by atoms with Crippen LogP contribution in [0.4, 0.5) is 10.1 Å². The third-order valence-corrected chi connectivity index (χ3v) is 2.23. The summed E-state index contributed by atoms with van der Waals surface area (Å²) in [6, 6.07) is 7.92. The number of anilines is 1. The first-order valence-electron chi connectivity index (χ1n) is 5.05. The maximum atomic E-state index is 13.5. The van der Waals surface area contributed by atoms with E-state index in [1.165, 1.54) is 12.1 Å². The highest BCUT2D eigenvalue weighted by atomic mass is 19.1. The average Bonchev–Trinajstić information content (AvgIpc) is 2.73. The summed E-state index contributed by atoms with van der Waals surface area (Å²) in [6.07, 6.45) is 0. The first-order valence-corrected chi connectivity index (χ1v) is 5.05. The number of rotatable bonds is 3. The molecule has 2 aromatic rings. The highest BCUT2D eigenvalue weighted by molar-refractivity contribution is 5.48. The van der Waals surface area contributed by atoms with E-state index in [9.17, 15) is 4.39 Å². The Hall–Kier alpha value is -2.35. The monoisotopic (exact) mass is 231 g/mol. The van der Waals surface area contributed by atoms with Crippen LogP contribution in [0, 0.1) is 24.1 Å². The summed E-state index contributed by atoms with van der Waals surface area (Å²) in [6.45, 7) is 2.17. The Bertz CT molecular complexity index is 571. The minimum absolute atomic E-state index is 0.297. The van der Waals surface area contributed by atoms with Crippen LogP contribution in [-0.2, 0) is 6.54 Å². The SMILES string of the molecule is Cc1cc(CNc2ccc(C#N)cc2F)no1. The number of nitrogens with one attached hydrogen (secondary N) is 1. The van der Waals surface area contributed by atoms with Crippen LogP contribution in [-0.4, -0.2) is 5.16 Å². The topological polar surface area (TPSA) is 61.9 Å². The summed E-state index contributed by atoms with van der Waals surface area (Å²) >= 11 is 0. The van der Waals surface area contributed by atoms with E-state index in [0.717, 1.165) is 0 Å². The smallest absolute Gasteiger partial charge is 0.147 e. The number of nitrogens with zero attached hydrogens (tertiary/aromatic N) is 2. The second-order valence-corrected chi connectivity index (χ2v) is 3.59. The predicted molar refractivity (Wildman–Crippen MR) is 59.7 cm³/mol. The van der Waals surface area contributed by atoms with Gasteiger partial charge in [-0.15, -0.1) is 0 Å². The van der Waals surface area contributed by atoms with E-state index < -0.39 is 5.82 Å². The van der Waals surface area contributed by atoms with Gasteiger partial charge in [0.25, 0.3) is 0 Å². The number of aryl methyl sites for hydroxylation is 1. The minimum atomic E-state index is -0.454. The molecular formula is C12H10FN3O. The van der Waals surface area contributed by atoms with Crippen LogP contribution >= 0.6 is 0 Å². The molecule has 0 amide bonds. The lowest BCUT2D eigenvalue weighted by Gasteiger charge is -2.05. The molecule has 1 aromatic carbocycles. The largest absolute Gasteiger partial charge is 0.377 e. The molecule has 0 aliphatic carbocycles. The summed E-state index contributed by atoms with van der Waals surface area (Å²) in [5, 5.41) is 15.3. The van der Waals surface area contributed by atoms with E-state index in [1.54, 1.807) is 19.1 Å². The molecular weight excluding hydrogens is 221 g/mol. The van der Waals surface area contributed by atoms with E-state index >= 15 is 0 Å². The van der Waals surface area contributed by atoms with Gasteiger partial charge < -0.3 is 9.84 Å². The fraction of sp³-hybridized carbons (Fsp3) is 0.167. The maximum absolute atomic E-state index is 13.5. The molecule has 0 aliphatic rings. The van der Waals surface area contributed by atoms with Crippen LogP contribution in [0.3, 0.4) is 0 Å². The van der Waals surface area contributed by atoms with Crippen molar-refractivity contribution in [1.82, 2.24) is 5.16 Å². The fourth-order valence-electron chi connectivity index (χ4n) is 1.42. The van der Waals surface area contributed by atoms with Gasteiger partial charge in [0.2, 0.25) is 0 Å². The standard InChI is InChI=1S/C12H10FN3O/c1-8-4-10(16-17-8)7-15-12-3-2-9(6-14)5-11(12)13/h2-5,15H,7H2,1H3. The zero-order valence-electron chi connectivity index (χ0n) is 9.20. The predicted octanol–water partition coefficient (Wildman–Crippen LogP) is 2.61. The zero-order chi connectivity index (χ0) is 12.3. The molecule has 5 heteroatoms. The van der Waals surface area contributed by atoms with Gasteiger partial charge in [0, 0.05) is 6.07 Å². The van der Waals surface area contributed by atoms with Crippen LogP contribution in [0.25, 0.3) is 0 Å². The van der Waals surface area contributed by atoms with Crippen LogP contribution in [0.2, 0.25) is 0 Å². The Balaban J connectivity index is 2.07. The van der Waals surface area contributed by atoms with Crippen LogP contribution in [0.15, 0.2) is 28.8 Å². The lowest BCUT2D eigenvalue weighted by atomic mass is 10.2. The summed E-state index contributed by atoms with van der Waals surface area (Å²) in [4.78, 5) is 0. The lowest BCUT2D eigenvalue weighted by Crippen LogP contribution is -2.01. The van der Waals surface area contributed by atoms with Gasteiger partial charge in [0.05, 0.1) is 23.9 Å². The van der Waals surface area contributed by atoms with Crippen LogP contribution in [0.5, 0.6) is 0 Å². The molecule has 0 atom stereocenters. The van der Waals surface area contributed by atoms with Crippen molar-refractivity contribution in [2.75, 3.05) is 5.32 Å². The Kier molecular flexibility index (Phi) is 3.06. The fourth-order valence-corrected chi connectivity index (χ4v) is 1.42. The molecule has 0 saturated carbocycles. The Morgan fingerprint density at radius 3 is 2.88 bits per heavy atom. The Morgan fingerprint density at radius 2 is 2.29 bits per heavy atom.